The van der Waals surface area contributed by atoms with E-state index in [1.807, 2.05) is 0 Å². The Morgan fingerprint density at radius 3 is 2.12 bits per heavy atom. The van der Waals surface area contributed by atoms with Crippen LogP contribution >= 0.6 is 22.6 Å². The molecule has 0 aliphatic carbocycles. The van der Waals surface area contributed by atoms with Crippen LogP contribution < -0.4 is 5.32 Å². The molecular formula is C16H11F3INO3. The molecule has 0 radical (unpaired) electrons. The number of carboxylic acids is 1. The van der Waals surface area contributed by atoms with Crippen molar-refractivity contribution in [2.45, 2.75) is 12.5 Å². The van der Waals surface area contributed by atoms with Gasteiger partial charge in [-0.25, -0.2) is 18.0 Å². The van der Waals surface area contributed by atoms with Crippen LogP contribution in [0.15, 0.2) is 36.4 Å². The molecule has 0 saturated heterocycles. The zero-order valence-electron chi connectivity index (χ0n) is 12.0. The van der Waals surface area contributed by atoms with E-state index in [1.165, 1.54) is 0 Å². The number of carbonyl (C=O) groups is 2. The third-order valence-corrected chi connectivity index (χ3v) is 3.91. The van der Waals surface area contributed by atoms with Gasteiger partial charge in [0.1, 0.15) is 29.1 Å². The number of carbonyl (C=O) groups excluding carboxylic acids is 1. The average molecular weight is 449 g/mol. The van der Waals surface area contributed by atoms with Crippen molar-refractivity contribution >= 4 is 34.5 Å². The van der Waals surface area contributed by atoms with Crippen molar-refractivity contribution < 1.29 is 27.9 Å². The van der Waals surface area contributed by atoms with Crippen molar-refractivity contribution in [3.8, 4) is 0 Å². The second-order valence-corrected chi connectivity index (χ2v) is 6.18. The van der Waals surface area contributed by atoms with Gasteiger partial charge in [-0.15, -0.1) is 0 Å². The van der Waals surface area contributed by atoms with Crippen molar-refractivity contribution in [1.29, 1.82) is 0 Å². The number of benzene rings is 2. The van der Waals surface area contributed by atoms with Crippen molar-refractivity contribution in [3.05, 3.63) is 68.5 Å². The summed E-state index contributed by atoms with van der Waals surface area (Å²) in [6, 6.07) is 6.21. The van der Waals surface area contributed by atoms with E-state index in [2.05, 4.69) is 27.9 Å². The zero-order chi connectivity index (χ0) is 17.9. The van der Waals surface area contributed by atoms with Gasteiger partial charge >= 0.3 is 5.97 Å². The fraction of sp³-hybridized carbons (Fsp3) is 0.125. The van der Waals surface area contributed by atoms with Gasteiger partial charge in [-0.2, -0.15) is 0 Å². The lowest BCUT2D eigenvalue weighted by atomic mass is 10.1. The Bertz CT molecular complexity index is 758. The molecule has 2 rings (SSSR count). The fourth-order valence-corrected chi connectivity index (χ4v) is 2.41. The van der Waals surface area contributed by atoms with Gasteiger partial charge in [0.05, 0.1) is 0 Å². The molecule has 2 aromatic carbocycles. The number of hydrogen-bond acceptors (Lipinski definition) is 2. The van der Waals surface area contributed by atoms with Crippen LogP contribution in [0.2, 0.25) is 0 Å². The van der Waals surface area contributed by atoms with Gasteiger partial charge < -0.3 is 10.4 Å². The van der Waals surface area contributed by atoms with E-state index in [-0.39, 0.29) is 6.42 Å². The molecule has 0 saturated carbocycles. The highest BCUT2D eigenvalue weighted by Crippen LogP contribution is 2.15. The lowest BCUT2D eigenvalue weighted by molar-refractivity contribution is -0.139. The Labute approximate surface area is 148 Å². The number of halogens is 4. The van der Waals surface area contributed by atoms with Crippen molar-refractivity contribution in [3.63, 3.8) is 0 Å². The highest BCUT2D eigenvalue weighted by molar-refractivity contribution is 14.1. The Balaban J connectivity index is 2.20. The SMILES string of the molecule is O=C(N[C@@H](Cc1ccc(I)cc1)C(=O)O)c1c(F)cc(F)cc1F. The Hall–Kier alpha value is -2.10. The maximum atomic E-state index is 13.6. The normalized spacial score (nSPS) is 11.8. The predicted molar refractivity (Wildman–Crippen MR) is 88.1 cm³/mol. The van der Waals surface area contributed by atoms with Crippen LogP contribution in [-0.4, -0.2) is 23.0 Å². The first-order chi connectivity index (χ1) is 11.3. The summed E-state index contributed by atoms with van der Waals surface area (Å²) in [7, 11) is 0. The Morgan fingerprint density at radius 2 is 1.62 bits per heavy atom. The number of aliphatic carboxylic acids is 1. The molecule has 4 nitrogen and oxygen atoms in total. The molecule has 0 unspecified atom stereocenters. The lowest BCUT2D eigenvalue weighted by Gasteiger charge is -2.15. The van der Waals surface area contributed by atoms with E-state index in [0.29, 0.717) is 17.7 Å². The number of hydrogen-bond donors (Lipinski definition) is 2. The van der Waals surface area contributed by atoms with Gasteiger partial charge in [-0.05, 0) is 40.3 Å². The quantitative estimate of drug-likeness (QED) is 0.690. The van der Waals surface area contributed by atoms with Crippen LogP contribution in [0.3, 0.4) is 0 Å². The summed E-state index contributed by atoms with van der Waals surface area (Å²) in [5, 5.41) is 11.3. The van der Waals surface area contributed by atoms with Crippen LogP contribution in [0.25, 0.3) is 0 Å². The standard InChI is InChI=1S/C16H11F3INO3/c17-9-6-11(18)14(12(19)7-9)15(22)21-13(16(23)24)5-8-1-3-10(20)4-2-8/h1-4,6-7,13H,5H2,(H,21,22)(H,23,24)/t13-/m0/s1. The summed E-state index contributed by atoms with van der Waals surface area (Å²) in [6.45, 7) is 0. The minimum atomic E-state index is -1.40. The first-order valence-corrected chi connectivity index (χ1v) is 7.78. The summed E-state index contributed by atoms with van der Waals surface area (Å²) < 4.78 is 41.0. The summed E-state index contributed by atoms with van der Waals surface area (Å²) >= 11 is 2.08. The first-order valence-electron chi connectivity index (χ1n) is 6.70. The molecule has 0 spiro atoms. The summed E-state index contributed by atoms with van der Waals surface area (Å²) in [5.74, 6) is -6.59. The van der Waals surface area contributed by atoms with Crippen molar-refractivity contribution in [2.24, 2.45) is 0 Å². The van der Waals surface area contributed by atoms with E-state index < -0.39 is 40.9 Å². The van der Waals surface area contributed by atoms with E-state index in [1.54, 1.807) is 24.3 Å². The third kappa shape index (κ3) is 4.47. The fourth-order valence-electron chi connectivity index (χ4n) is 2.05. The molecular weight excluding hydrogens is 438 g/mol. The maximum absolute atomic E-state index is 13.6. The highest BCUT2D eigenvalue weighted by atomic mass is 127. The van der Waals surface area contributed by atoms with Crippen molar-refractivity contribution in [1.82, 2.24) is 5.32 Å². The molecule has 1 atom stereocenters. The van der Waals surface area contributed by atoms with Gasteiger partial charge in [-0.1, -0.05) is 12.1 Å². The molecule has 126 valence electrons. The molecule has 24 heavy (non-hydrogen) atoms. The predicted octanol–water partition coefficient (Wildman–Crippen LogP) is 3.13. The minimum Gasteiger partial charge on any atom is -0.480 e. The number of nitrogens with one attached hydrogen (secondary N) is 1. The molecule has 2 N–H and O–H groups in total. The minimum absolute atomic E-state index is 0.0670. The smallest absolute Gasteiger partial charge is 0.326 e. The van der Waals surface area contributed by atoms with E-state index in [0.717, 1.165) is 3.57 Å². The molecule has 8 heteroatoms. The number of amides is 1. The summed E-state index contributed by atoms with van der Waals surface area (Å²) in [4.78, 5) is 23.3. The molecule has 1 amide bonds. The zero-order valence-corrected chi connectivity index (χ0v) is 14.2. The topological polar surface area (TPSA) is 66.4 Å². The van der Waals surface area contributed by atoms with Crippen LogP contribution in [0, 0.1) is 21.0 Å². The third-order valence-electron chi connectivity index (χ3n) is 3.19. The van der Waals surface area contributed by atoms with Crippen LogP contribution in [-0.2, 0) is 11.2 Å². The number of rotatable bonds is 5. The Morgan fingerprint density at radius 1 is 1.08 bits per heavy atom. The van der Waals surface area contributed by atoms with Crippen LogP contribution in [0.1, 0.15) is 15.9 Å². The van der Waals surface area contributed by atoms with E-state index >= 15 is 0 Å². The average Bonchev–Trinajstić information content (AvgIpc) is 2.47. The first kappa shape index (κ1) is 18.2. The molecule has 0 fully saturated rings. The molecule has 0 aliphatic rings. The van der Waals surface area contributed by atoms with E-state index in [4.69, 9.17) is 0 Å². The second-order valence-electron chi connectivity index (χ2n) is 4.94. The highest BCUT2D eigenvalue weighted by Gasteiger charge is 2.25. The van der Waals surface area contributed by atoms with Gasteiger partial charge in [-0.3, -0.25) is 4.79 Å². The summed E-state index contributed by atoms with van der Waals surface area (Å²) in [6.07, 6.45) is -0.0670. The van der Waals surface area contributed by atoms with E-state index in [9.17, 15) is 27.9 Å². The molecule has 0 heterocycles. The van der Waals surface area contributed by atoms with Gasteiger partial charge in [0.2, 0.25) is 0 Å². The summed E-state index contributed by atoms with van der Waals surface area (Å²) in [5.41, 5.74) is -0.395. The molecule has 0 bridgehead atoms. The monoisotopic (exact) mass is 449 g/mol. The van der Waals surface area contributed by atoms with Crippen LogP contribution in [0.4, 0.5) is 13.2 Å². The van der Waals surface area contributed by atoms with Crippen molar-refractivity contribution in [2.75, 3.05) is 0 Å². The second kappa shape index (κ2) is 7.65. The largest absolute Gasteiger partial charge is 0.480 e. The van der Waals surface area contributed by atoms with Gasteiger partial charge in [0.15, 0.2) is 0 Å². The van der Waals surface area contributed by atoms with Gasteiger partial charge in [0, 0.05) is 22.1 Å². The molecule has 0 aliphatic heterocycles. The lowest BCUT2D eigenvalue weighted by Crippen LogP contribution is -2.43. The maximum Gasteiger partial charge on any atom is 0.326 e. The molecule has 0 aromatic heterocycles. The van der Waals surface area contributed by atoms with Gasteiger partial charge in [0.25, 0.3) is 5.91 Å². The Kier molecular flexibility index (Phi) is 5.81. The number of carboxylic acid groups (broad SMARTS) is 1. The molecule has 2 aromatic rings. The van der Waals surface area contributed by atoms with Crippen LogP contribution in [0.5, 0.6) is 0 Å².